The number of rotatable bonds is 5. The number of fused-ring (bicyclic) bond motifs is 5. The van der Waals surface area contributed by atoms with Gasteiger partial charge in [-0.3, -0.25) is 0 Å². The standard InChI is InChI=1S/C18H23Cl2N/c1-2-21-15(9-12-8-13(19)5-6-14(12)20)18-16-10-3-4-11(7-10)17(16)18/h5-6,8,10-11,15-18,21H,2-4,7,9H2,1H3. The van der Waals surface area contributed by atoms with Gasteiger partial charge in [0.25, 0.3) is 0 Å². The van der Waals surface area contributed by atoms with Crippen LogP contribution in [0.15, 0.2) is 18.2 Å². The first kappa shape index (κ1) is 14.4. The van der Waals surface area contributed by atoms with Gasteiger partial charge < -0.3 is 5.32 Å². The Hall–Kier alpha value is -0.240. The zero-order valence-corrected chi connectivity index (χ0v) is 14.0. The van der Waals surface area contributed by atoms with Gasteiger partial charge in [-0.2, -0.15) is 0 Å². The number of likely N-dealkylation sites (N-methyl/N-ethyl adjacent to an activating group) is 1. The largest absolute Gasteiger partial charge is 0.314 e. The lowest BCUT2D eigenvalue weighted by atomic mass is 9.93. The average molecular weight is 324 g/mol. The minimum atomic E-state index is 0.573. The summed E-state index contributed by atoms with van der Waals surface area (Å²) in [5.41, 5.74) is 1.20. The van der Waals surface area contributed by atoms with E-state index in [0.717, 1.165) is 52.6 Å². The summed E-state index contributed by atoms with van der Waals surface area (Å²) in [6.45, 7) is 3.24. The minimum absolute atomic E-state index is 0.573. The van der Waals surface area contributed by atoms with E-state index in [1.54, 1.807) is 0 Å². The van der Waals surface area contributed by atoms with Crippen LogP contribution in [0, 0.1) is 29.6 Å². The lowest BCUT2D eigenvalue weighted by molar-refractivity contribution is 0.366. The van der Waals surface area contributed by atoms with Crippen molar-refractivity contribution in [2.75, 3.05) is 6.54 Å². The van der Waals surface area contributed by atoms with Crippen molar-refractivity contribution in [2.24, 2.45) is 29.6 Å². The number of halogens is 2. The van der Waals surface area contributed by atoms with Crippen LogP contribution in [0.3, 0.4) is 0 Å². The summed E-state index contributed by atoms with van der Waals surface area (Å²) < 4.78 is 0. The van der Waals surface area contributed by atoms with Gasteiger partial charge in [-0.05, 0) is 85.6 Å². The van der Waals surface area contributed by atoms with Crippen LogP contribution in [0.25, 0.3) is 0 Å². The van der Waals surface area contributed by atoms with Crippen molar-refractivity contribution in [3.8, 4) is 0 Å². The summed E-state index contributed by atoms with van der Waals surface area (Å²) in [4.78, 5) is 0. The Balaban J connectivity index is 1.52. The summed E-state index contributed by atoms with van der Waals surface area (Å²) in [5, 5.41) is 5.39. The van der Waals surface area contributed by atoms with Crippen molar-refractivity contribution in [3.63, 3.8) is 0 Å². The molecule has 4 rings (SSSR count). The molecule has 0 saturated heterocycles. The molecule has 114 valence electrons. The van der Waals surface area contributed by atoms with Crippen LogP contribution in [-0.4, -0.2) is 12.6 Å². The first-order valence-electron chi connectivity index (χ1n) is 8.36. The third kappa shape index (κ3) is 2.42. The summed E-state index contributed by atoms with van der Waals surface area (Å²) in [6.07, 6.45) is 5.51. The highest BCUT2D eigenvalue weighted by Crippen LogP contribution is 2.70. The van der Waals surface area contributed by atoms with Gasteiger partial charge in [0.15, 0.2) is 0 Å². The highest BCUT2D eigenvalue weighted by molar-refractivity contribution is 6.33. The van der Waals surface area contributed by atoms with Crippen LogP contribution in [-0.2, 0) is 6.42 Å². The molecule has 1 aromatic rings. The lowest BCUT2D eigenvalue weighted by Crippen LogP contribution is -2.35. The Kier molecular flexibility index (Phi) is 3.72. The molecule has 0 aromatic heterocycles. The van der Waals surface area contributed by atoms with E-state index in [1.807, 2.05) is 18.2 Å². The maximum atomic E-state index is 6.37. The van der Waals surface area contributed by atoms with E-state index < -0.39 is 0 Å². The van der Waals surface area contributed by atoms with Gasteiger partial charge in [0, 0.05) is 16.1 Å². The number of hydrogen-bond acceptors (Lipinski definition) is 1. The molecule has 0 amide bonds. The monoisotopic (exact) mass is 323 g/mol. The summed E-state index contributed by atoms with van der Waals surface area (Å²) in [6, 6.07) is 6.42. The third-order valence-corrected chi connectivity index (χ3v) is 6.78. The van der Waals surface area contributed by atoms with E-state index in [4.69, 9.17) is 23.2 Å². The van der Waals surface area contributed by atoms with Crippen LogP contribution < -0.4 is 5.32 Å². The molecule has 0 radical (unpaired) electrons. The van der Waals surface area contributed by atoms with Crippen LogP contribution in [0.4, 0.5) is 0 Å². The SMILES string of the molecule is CCNC(Cc1cc(Cl)ccc1Cl)C1C2C3CCC(C3)C21. The average Bonchev–Trinajstić information content (AvgIpc) is 2.89. The molecule has 3 aliphatic rings. The molecule has 0 heterocycles. The molecule has 0 aliphatic heterocycles. The predicted molar refractivity (Wildman–Crippen MR) is 88.9 cm³/mol. The maximum Gasteiger partial charge on any atom is 0.0439 e. The van der Waals surface area contributed by atoms with Gasteiger partial charge >= 0.3 is 0 Å². The van der Waals surface area contributed by atoms with E-state index in [0.29, 0.717) is 6.04 Å². The molecule has 2 bridgehead atoms. The molecular weight excluding hydrogens is 301 g/mol. The van der Waals surface area contributed by atoms with Crippen LogP contribution in [0.1, 0.15) is 31.7 Å². The van der Waals surface area contributed by atoms with Gasteiger partial charge in [-0.15, -0.1) is 0 Å². The zero-order chi connectivity index (χ0) is 14.6. The zero-order valence-electron chi connectivity index (χ0n) is 12.5. The van der Waals surface area contributed by atoms with Crippen molar-refractivity contribution >= 4 is 23.2 Å². The van der Waals surface area contributed by atoms with Gasteiger partial charge in [0.2, 0.25) is 0 Å². The van der Waals surface area contributed by atoms with Crippen molar-refractivity contribution in [1.29, 1.82) is 0 Å². The molecule has 3 heteroatoms. The third-order valence-electron chi connectivity index (χ3n) is 6.17. The molecule has 1 nitrogen and oxygen atoms in total. The van der Waals surface area contributed by atoms with E-state index in [-0.39, 0.29) is 0 Å². The van der Waals surface area contributed by atoms with Crippen LogP contribution in [0.5, 0.6) is 0 Å². The summed E-state index contributed by atoms with van der Waals surface area (Å²) in [5.74, 6) is 4.95. The molecule has 3 aliphatic carbocycles. The number of benzene rings is 1. The first-order valence-corrected chi connectivity index (χ1v) is 9.12. The quantitative estimate of drug-likeness (QED) is 0.820. The molecule has 1 N–H and O–H groups in total. The van der Waals surface area contributed by atoms with Crippen molar-refractivity contribution < 1.29 is 0 Å². The molecule has 5 atom stereocenters. The fourth-order valence-corrected chi connectivity index (χ4v) is 5.86. The Morgan fingerprint density at radius 2 is 1.90 bits per heavy atom. The minimum Gasteiger partial charge on any atom is -0.314 e. The Labute approximate surface area is 137 Å². The molecule has 1 aromatic carbocycles. The van der Waals surface area contributed by atoms with E-state index in [1.165, 1.54) is 24.8 Å². The first-order chi connectivity index (χ1) is 10.2. The predicted octanol–water partition coefficient (Wildman–Crippen LogP) is 4.81. The van der Waals surface area contributed by atoms with Gasteiger partial charge in [0.05, 0.1) is 0 Å². The van der Waals surface area contributed by atoms with Crippen molar-refractivity contribution in [3.05, 3.63) is 33.8 Å². The van der Waals surface area contributed by atoms with Crippen LogP contribution in [0.2, 0.25) is 10.0 Å². The second-order valence-electron chi connectivity index (χ2n) is 7.17. The second kappa shape index (κ2) is 5.44. The molecule has 3 saturated carbocycles. The van der Waals surface area contributed by atoms with E-state index in [9.17, 15) is 0 Å². The Morgan fingerprint density at radius 1 is 1.19 bits per heavy atom. The van der Waals surface area contributed by atoms with Gasteiger partial charge in [-0.25, -0.2) is 0 Å². The maximum absolute atomic E-state index is 6.37. The lowest BCUT2D eigenvalue weighted by Gasteiger charge is -2.22. The van der Waals surface area contributed by atoms with Crippen molar-refractivity contribution in [2.45, 2.75) is 38.6 Å². The van der Waals surface area contributed by atoms with Crippen LogP contribution >= 0.6 is 23.2 Å². The molecular formula is C18H23Cl2N. The second-order valence-corrected chi connectivity index (χ2v) is 8.01. The highest BCUT2D eigenvalue weighted by Gasteiger charge is 2.66. The Morgan fingerprint density at radius 3 is 2.57 bits per heavy atom. The molecule has 5 unspecified atom stereocenters. The summed E-state index contributed by atoms with van der Waals surface area (Å²) in [7, 11) is 0. The van der Waals surface area contributed by atoms with E-state index in [2.05, 4.69) is 12.2 Å². The van der Waals surface area contributed by atoms with Crippen molar-refractivity contribution in [1.82, 2.24) is 5.32 Å². The number of hydrogen-bond donors (Lipinski definition) is 1. The summed E-state index contributed by atoms with van der Waals surface area (Å²) >= 11 is 12.5. The Bertz CT molecular complexity index is 528. The van der Waals surface area contributed by atoms with E-state index >= 15 is 0 Å². The fourth-order valence-electron chi connectivity index (χ4n) is 5.47. The molecule has 21 heavy (non-hydrogen) atoms. The topological polar surface area (TPSA) is 12.0 Å². The normalized spacial score (nSPS) is 37.6. The molecule has 3 fully saturated rings. The van der Waals surface area contributed by atoms with Gasteiger partial charge in [-0.1, -0.05) is 30.1 Å². The molecule has 0 spiro atoms. The highest BCUT2D eigenvalue weighted by atomic mass is 35.5. The number of nitrogens with one attached hydrogen (secondary N) is 1. The smallest absolute Gasteiger partial charge is 0.0439 e. The van der Waals surface area contributed by atoms with Gasteiger partial charge in [0.1, 0.15) is 0 Å². The fraction of sp³-hybridized carbons (Fsp3) is 0.667.